The zero-order valence-electron chi connectivity index (χ0n) is 16.5. The standard InChI is InChI=1S/C20H24ClN5O2/c1-5-26-15(4)16(11-23-26)10-22-20(27)18-6-7-25(24-18)12-28-17-8-13(2)19(21)14(3)9-17/h6-9,11H,5,10,12H2,1-4H3,(H,22,27). The van der Waals surface area contributed by atoms with Crippen LogP contribution in [-0.4, -0.2) is 25.5 Å². The zero-order chi connectivity index (χ0) is 20.3. The maximum atomic E-state index is 12.4. The van der Waals surface area contributed by atoms with E-state index in [-0.39, 0.29) is 12.6 Å². The van der Waals surface area contributed by atoms with Gasteiger partial charge in [0.15, 0.2) is 6.73 Å². The fourth-order valence-corrected chi connectivity index (χ4v) is 3.04. The van der Waals surface area contributed by atoms with E-state index < -0.39 is 0 Å². The minimum atomic E-state index is -0.236. The molecule has 0 aliphatic heterocycles. The molecule has 8 heteroatoms. The highest BCUT2D eigenvalue weighted by molar-refractivity contribution is 6.32. The molecule has 2 aromatic heterocycles. The van der Waals surface area contributed by atoms with Crippen LogP contribution in [0.4, 0.5) is 0 Å². The lowest BCUT2D eigenvalue weighted by Crippen LogP contribution is -2.24. The van der Waals surface area contributed by atoms with Crippen molar-refractivity contribution in [3.8, 4) is 5.75 Å². The van der Waals surface area contributed by atoms with Crippen LogP contribution in [0, 0.1) is 20.8 Å². The van der Waals surface area contributed by atoms with Gasteiger partial charge in [0.2, 0.25) is 0 Å². The number of aryl methyl sites for hydroxylation is 3. The van der Waals surface area contributed by atoms with E-state index in [9.17, 15) is 4.79 Å². The molecule has 0 aliphatic rings. The van der Waals surface area contributed by atoms with Crippen LogP contribution in [0.1, 0.15) is 39.8 Å². The lowest BCUT2D eigenvalue weighted by molar-refractivity contribution is 0.0944. The van der Waals surface area contributed by atoms with Crippen LogP contribution in [0.5, 0.6) is 5.75 Å². The Morgan fingerprint density at radius 1 is 1.25 bits per heavy atom. The van der Waals surface area contributed by atoms with Crippen molar-refractivity contribution >= 4 is 17.5 Å². The van der Waals surface area contributed by atoms with Crippen molar-refractivity contribution in [1.29, 1.82) is 0 Å². The monoisotopic (exact) mass is 401 g/mol. The largest absolute Gasteiger partial charge is 0.471 e. The zero-order valence-corrected chi connectivity index (χ0v) is 17.2. The van der Waals surface area contributed by atoms with Gasteiger partial charge in [0.1, 0.15) is 11.4 Å². The number of carbonyl (C=O) groups is 1. The molecule has 3 rings (SSSR count). The average Bonchev–Trinajstić information content (AvgIpc) is 3.29. The molecule has 7 nitrogen and oxygen atoms in total. The summed E-state index contributed by atoms with van der Waals surface area (Å²) in [6.07, 6.45) is 3.49. The number of aromatic nitrogens is 4. The Morgan fingerprint density at radius 3 is 2.61 bits per heavy atom. The first-order valence-electron chi connectivity index (χ1n) is 9.11. The third kappa shape index (κ3) is 4.36. The minimum absolute atomic E-state index is 0.205. The predicted molar refractivity (Wildman–Crippen MR) is 108 cm³/mol. The van der Waals surface area contributed by atoms with E-state index in [0.717, 1.165) is 34.0 Å². The van der Waals surface area contributed by atoms with Crippen LogP contribution < -0.4 is 10.1 Å². The van der Waals surface area contributed by atoms with E-state index in [2.05, 4.69) is 15.5 Å². The Labute approximate surface area is 169 Å². The van der Waals surface area contributed by atoms with Gasteiger partial charge < -0.3 is 10.1 Å². The topological polar surface area (TPSA) is 74.0 Å². The number of benzene rings is 1. The van der Waals surface area contributed by atoms with Crippen LogP contribution >= 0.6 is 11.6 Å². The van der Waals surface area contributed by atoms with Gasteiger partial charge in [-0.1, -0.05) is 11.6 Å². The maximum absolute atomic E-state index is 12.4. The normalized spacial score (nSPS) is 10.9. The summed E-state index contributed by atoms with van der Waals surface area (Å²) in [6.45, 7) is 9.31. The molecule has 1 N–H and O–H groups in total. The molecule has 0 saturated heterocycles. The van der Waals surface area contributed by atoms with Crippen molar-refractivity contribution in [3.63, 3.8) is 0 Å². The molecular formula is C20H24ClN5O2. The number of carbonyl (C=O) groups excluding carboxylic acids is 1. The van der Waals surface area contributed by atoms with Crippen LogP contribution in [0.2, 0.25) is 5.02 Å². The van der Waals surface area contributed by atoms with Crippen molar-refractivity contribution in [1.82, 2.24) is 24.9 Å². The number of hydrogen-bond donors (Lipinski definition) is 1. The molecule has 0 aliphatic carbocycles. The van der Waals surface area contributed by atoms with E-state index in [4.69, 9.17) is 16.3 Å². The summed E-state index contributed by atoms with van der Waals surface area (Å²) < 4.78 is 9.24. The highest BCUT2D eigenvalue weighted by Crippen LogP contribution is 2.26. The van der Waals surface area contributed by atoms with Crippen LogP contribution in [0.25, 0.3) is 0 Å². The van der Waals surface area contributed by atoms with Gasteiger partial charge in [0.25, 0.3) is 5.91 Å². The van der Waals surface area contributed by atoms with Crippen LogP contribution in [0.3, 0.4) is 0 Å². The Balaban J connectivity index is 1.57. The van der Waals surface area contributed by atoms with Crippen molar-refractivity contribution in [2.75, 3.05) is 0 Å². The van der Waals surface area contributed by atoms with E-state index in [1.165, 1.54) is 0 Å². The fourth-order valence-electron chi connectivity index (χ4n) is 2.93. The van der Waals surface area contributed by atoms with Crippen molar-refractivity contribution < 1.29 is 9.53 Å². The molecule has 0 spiro atoms. The number of nitrogens with zero attached hydrogens (tertiary/aromatic N) is 4. The number of halogens is 1. The molecule has 0 unspecified atom stereocenters. The number of rotatable bonds is 7. The summed E-state index contributed by atoms with van der Waals surface area (Å²) in [5.41, 5.74) is 4.30. The second kappa shape index (κ2) is 8.48. The molecule has 28 heavy (non-hydrogen) atoms. The highest BCUT2D eigenvalue weighted by Gasteiger charge is 2.12. The Morgan fingerprint density at radius 2 is 1.96 bits per heavy atom. The van der Waals surface area contributed by atoms with Crippen molar-refractivity contribution in [2.24, 2.45) is 0 Å². The number of amides is 1. The molecule has 1 aromatic carbocycles. The molecule has 2 heterocycles. The molecule has 3 aromatic rings. The van der Waals surface area contributed by atoms with Gasteiger partial charge in [0, 0.05) is 35.6 Å². The van der Waals surface area contributed by atoms with Gasteiger partial charge >= 0.3 is 0 Å². The Hall–Kier alpha value is -2.80. The van der Waals surface area contributed by atoms with Gasteiger partial charge in [-0.3, -0.25) is 9.48 Å². The summed E-state index contributed by atoms with van der Waals surface area (Å²) in [5.74, 6) is 0.477. The minimum Gasteiger partial charge on any atom is -0.471 e. The molecule has 0 atom stereocenters. The first-order chi connectivity index (χ1) is 13.4. The molecular weight excluding hydrogens is 378 g/mol. The third-order valence-corrected chi connectivity index (χ3v) is 5.19. The second-order valence-corrected chi connectivity index (χ2v) is 7.02. The van der Waals surface area contributed by atoms with Gasteiger partial charge in [-0.15, -0.1) is 0 Å². The van der Waals surface area contributed by atoms with Crippen molar-refractivity contribution in [3.05, 3.63) is 63.7 Å². The molecule has 0 radical (unpaired) electrons. The predicted octanol–water partition coefficient (Wildman–Crippen LogP) is 3.64. The summed E-state index contributed by atoms with van der Waals surface area (Å²) in [4.78, 5) is 12.4. The summed E-state index contributed by atoms with van der Waals surface area (Å²) >= 11 is 6.18. The lowest BCUT2D eigenvalue weighted by atomic mass is 10.1. The quantitative estimate of drug-likeness (QED) is 0.655. The van der Waals surface area contributed by atoms with Gasteiger partial charge in [0.05, 0.1) is 6.20 Å². The maximum Gasteiger partial charge on any atom is 0.272 e. The van der Waals surface area contributed by atoms with E-state index in [1.807, 2.05) is 44.5 Å². The molecule has 0 bridgehead atoms. The molecule has 1 amide bonds. The molecule has 148 valence electrons. The first-order valence-corrected chi connectivity index (χ1v) is 9.49. The molecule has 0 fully saturated rings. The number of hydrogen-bond acceptors (Lipinski definition) is 4. The Kier molecular flexibility index (Phi) is 6.04. The van der Waals surface area contributed by atoms with E-state index in [1.54, 1.807) is 23.1 Å². The number of ether oxygens (including phenoxy) is 1. The van der Waals surface area contributed by atoms with Crippen molar-refractivity contribution in [2.45, 2.75) is 47.5 Å². The Bertz CT molecular complexity index is 969. The van der Waals surface area contributed by atoms with Crippen LogP contribution in [-0.2, 0) is 19.8 Å². The smallest absolute Gasteiger partial charge is 0.272 e. The second-order valence-electron chi connectivity index (χ2n) is 6.64. The fraction of sp³-hybridized carbons (Fsp3) is 0.350. The van der Waals surface area contributed by atoms with Gasteiger partial charge in [-0.25, -0.2) is 4.68 Å². The average molecular weight is 402 g/mol. The summed E-state index contributed by atoms with van der Waals surface area (Å²) in [5, 5.41) is 12.2. The van der Waals surface area contributed by atoms with Gasteiger partial charge in [-0.2, -0.15) is 10.2 Å². The lowest BCUT2D eigenvalue weighted by Gasteiger charge is -2.10. The summed E-state index contributed by atoms with van der Waals surface area (Å²) in [7, 11) is 0. The van der Waals surface area contributed by atoms with Gasteiger partial charge in [-0.05, 0) is 57.0 Å². The summed E-state index contributed by atoms with van der Waals surface area (Å²) in [6, 6.07) is 5.43. The van der Waals surface area contributed by atoms with Crippen LogP contribution in [0.15, 0.2) is 30.6 Å². The van der Waals surface area contributed by atoms with E-state index in [0.29, 0.717) is 18.0 Å². The number of nitrogens with one attached hydrogen (secondary N) is 1. The van der Waals surface area contributed by atoms with E-state index >= 15 is 0 Å². The molecule has 0 saturated carbocycles. The third-order valence-electron chi connectivity index (χ3n) is 4.59. The first kappa shape index (κ1) is 19.9. The SMILES string of the molecule is CCn1ncc(CNC(=O)c2ccn(COc3cc(C)c(Cl)c(C)c3)n2)c1C. The highest BCUT2D eigenvalue weighted by atomic mass is 35.5.